The number of hydrogen-bond acceptors (Lipinski definition) is 5. The summed E-state index contributed by atoms with van der Waals surface area (Å²) in [6.07, 6.45) is 3.66. The fourth-order valence-electron chi connectivity index (χ4n) is 2.61. The van der Waals surface area contributed by atoms with Gasteiger partial charge in [0, 0.05) is 19.2 Å². The predicted octanol–water partition coefficient (Wildman–Crippen LogP) is 3.54. The Kier molecular flexibility index (Phi) is 5.99. The van der Waals surface area contributed by atoms with Crippen LogP contribution in [0.15, 0.2) is 39.6 Å². The van der Waals surface area contributed by atoms with Crippen LogP contribution in [0.25, 0.3) is 0 Å². The monoisotopic (exact) mass is 409 g/mol. The van der Waals surface area contributed by atoms with Crippen LogP contribution < -0.4 is 14.8 Å². The smallest absolute Gasteiger partial charge is 0.254 e. The SMILES string of the molecule is COc1cc(CNC(=O)c2coc(Br)c2)ccc1OCC1CCCO1. The van der Waals surface area contributed by atoms with Crippen molar-refractivity contribution in [3.63, 3.8) is 0 Å². The van der Waals surface area contributed by atoms with Crippen LogP contribution >= 0.6 is 15.9 Å². The Bertz CT molecular complexity index is 724. The van der Waals surface area contributed by atoms with Gasteiger partial charge in [-0.1, -0.05) is 6.07 Å². The van der Waals surface area contributed by atoms with Gasteiger partial charge in [-0.3, -0.25) is 4.79 Å². The molecule has 1 N–H and O–H groups in total. The molecule has 1 unspecified atom stereocenters. The largest absolute Gasteiger partial charge is 0.493 e. The summed E-state index contributed by atoms with van der Waals surface area (Å²) in [6, 6.07) is 7.23. The van der Waals surface area contributed by atoms with Crippen molar-refractivity contribution < 1.29 is 23.4 Å². The summed E-state index contributed by atoms with van der Waals surface area (Å²) < 4.78 is 22.4. The minimum atomic E-state index is -0.202. The number of carbonyl (C=O) groups excluding carboxylic acids is 1. The molecule has 3 rings (SSSR count). The van der Waals surface area contributed by atoms with Crippen molar-refractivity contribution in [1.82, 2.24) is 5.32 Å². The van der Waals surface area contributed by atoms with Crippen LogP contribution in [0, 0.1) is 0 Å². The van der Waals surface area contributed by atoms with Gasteiger partial charge in [-0.15, -0.1) is 0 Å². The van der Waals surface area contributed by atoms with Gasteiger partial charge in [0.15, 0.2) is 16.2 Å². The van der Waals surface area contributed by atoms with Gasteiger partial charge in [-0.25, -0.2) is 0 Å². The molecule has 2 heterocycles. The van der Waals surface area contributed by atoms with Crippen LogP contribution in [0.1, 0.15) is 28.8 Å². The first-order valence-electron chi connectivity index (χ1n) is 8.09. The fraction of sp³-hybridized carbons (Fsp3) is 0.389. The average molecular weight is 410 g/mol. The highest BCUT2D eigenvalue weighted by Crippen LogP contribution is 2.29. The zero-order valence-electron chi connectivity index (χ0n) is 13.9. The predicted molar refractivity (Wildman–Crippen MR) is 95.0 cm³/mol. The highest BCUT2D eigenvalue weighted by atomic mass is 79.9. The maximum absolute atomic E-state index is 12.0. The van der Waals surface area contributed by atoms with E-state index in [9.17, 15) is 4.79 Å². The molecule has 2 aromatic rings. The number of nitrogens with one attached hydrogen (secondary N) is 1. The number of hydrogen-bond donors (Lipinski definition) is 1. The minimum Gasteiger partial charge on any atom is -0.493 e. The first kappa shape index (κ1) is 17.8. The molecule has 0 aliphatic carbocycles. The van der Waals surface area contributed by atoms with Crippen LogP contribution in [-0.2, 0) is 11.3 Å². The van der Waals surface area contributed by atoms with E-state index in [1.165, 1.54) is 6.26 Å². The maximum atomic E-state index is 12.0. The molecule has 0 bridgehead atoms. The number of amides is 1. The highest BCUT2D eigenvalue weighted by molar-refractivity contribution is 9.10. The Morgan fingerprint density at radius 2 is 2.24 bits per heavy atom. The molecule has 0 spiro atoms. The van der Waals surface area contributed by atoms with Crippen LogP contribution in [0.3, 0.4) is 0 Å². The summed E-state index contributed by atoms with van der Waals surface area (Å²) >= 11 is 3.18. The zero-order valence-corrected chi connectivity index (χ0v) is 15.5. The van der Waals surface area contributed by atoms with Gasteiger partial charge in [0.25, 0.3) is 5.91 Å². The molecule has 1 aromatic carbocycles. The molecule has 1 atom stereocenters. The van der Waals surface area contributed by atoms with Gasteiger partial charge in [0.1, 0.15) is 12.9 Å². The molecular weight excluding hydrogens is 390 g/mol. The van der Waals surface area contributed by atoms with Gasteiger partial charge in [0.2, 0.25) is 0 Å². The van der Waals surface area contributed by atoms with Gasteiger partial charge in [-0.2, -0.15) is 0 Å². The van der Waals surface area contributed by atoms with Crippen LogP contribution in [0.2, 0.25) is 0 Å². The van der Waals surface area contributed by atoms with Crippen LogP contribution in [0.5, 0.6) is 11.5 Å². The molecule has 134 valence electrons. The first-order chi connectivity index (χ1) is 12.2. The molecule has 1 saturated heterocycles. The van der Waals surface area contributed by atoms with Crippen molar-refractivity contribution in [1.29, 1.82) is 0 Å². The van der Waals surface area contributed by atoms with Crippen molar-refractivity contribution in [2.24, 2.45) is 0 Å². The van der Waals surface area contributed by atoms with Gasteiger partial charge >= 0.3 is 0 Å². The van der Waals surface area contributed by atoms with Gasteiger partial charge < -0.3 is 23.9 Å². The summed E-state index contributed by atoms with van der Waals surface area (Å²) in [7, 11) is 1.60. The quantitative estimate of drug-likeness (QED) is 0.756. The zero-order chi connectivity index (χ0) is 17.6. The molecule has 0 radical (unpaired) electrons. The number of benzene rings is 1. The number of carbonyl (C=O) groups is 1. The van der Waals surface area contributed by atoms with Crippen LogP contribution in [0.4, 0.5) is 0 Å². The Morgan fingerprint density at radius 1 is 1.36 bits per heavy atom. The number of furan rings is 1. The second-order valence-corrected chi connectivity index (χ2v) is 6.53. The first-order valence-corrected chi connectivity index (χ1v) is 8.88. The lowest BCUT2D eigenvalue weighted by atomic mass is 10.2. The van der Waals surface area contributed by atoms with Crippen molar-refractivity contribution in [2.45, 2.75) is 25.5 Å². The van der Waals surface area contributed by atoms with Gasteiger partial charge in [-0.05, 0) is 46.5 Å². The molecule has 1 aliphatic rings. The lowest BCUT2D eigenvalue weighted by molar-refractivity contribution is 0.0669. The minimum absolute atomic E-state index is 0.151. The Hall–Kier alpha value is -1.99. The standard InChI is InChI=1S/C18H20BrNO5/c1-22-16-7-12(9-20-18(21)13-8-17(19)25-10-13)4-5-15(16)24-11-14-3-2-6-23-14/h4-5,7-8,10,14H,2-3,6,9,11H2,1H3,(H,20,21). The summed E-state index contributed by atoms with van der Waals surface area (Å²) in [5.41, 5.74) is 1.38. The third-order valence-corrected chi connectivity index (χ3v) is 4.38. The average Bonchev–Trinajstić information content (AvgIpc) is 3.29. The van der Waals surface area contributed by atoms with E-state index in [2.05, 4.69) is 21.2 Å². The van der Waals surface area contributed by atoms with E-state index in [4.69, 9.17) is 18.6 Å². The summed E-state index contributed by atoms with van der Waals surface area (Å²) in [6.45, 7) is 1.70. The second kappa shape index (κ2) is 8.40. The molecule has 0 saturated carbocycles. The number of halogens is 1. The van der Waals surface area contributed by atoms with Crippen molar-refractivity contribution in [2.75, 3.05) is 20.3 Å². The molecule has 1 fully saturated rings. The van der Waals surface area contributed by atoms with E-state index in [1.807, 2.05) is 18.2 Å². The van der Waals surface area contributed by atoms with Crippen molar-refractivity contribution >= 4 is 21.8 Å². The molecule has 6 nitrogen and oxygen atoms in total. The molecule has 1 amide bonds. The van der Waals surface area contributed by atoms with E-state index < -0.39 is 0 Å². The van der Waals surface area contributed by atoms with Crippen LogP contribution in [-0.4, -0.2) is 32.3 Å². The lowest BCUT2D eigenvalue weighted by Crippen LogP contribution is -2.22. The topological polar surface area (TPSA) is 69.9 Å². The maximum Gasteiger partial charge on any atom is 0.254 e. The Balaban J connectivity index is 1.57. The number of methoxy groups -OCH3 is 1. The molecule has 25 heavy (non-hydrogen) atoms. The van der Waals surface area contributed by atoms with Crippen molar-refractivity contribution in [3.8, 4) is 11.5 Å². The highest BCUT2D eigenvalue weighted by Gasteiger charge is 2.17. The molecule has 1 aromatic heterocycles. The van der Waals surface area contributed by atoms with E-state index >= 15 is 0 Å². The van der Waals surface area contributed by atoms with Gasteiger partial charge in [0.05, 0.1) is 18.8 Å². The second-order valence-electron chi connectivity index (χ2n) is 5.75. The number of ether oxygens (including phenoxy) is 3. The normalized spacial score (nSPS) is 16.6. The van der Waals surface area contributed by atoms with Crippen molar-refractivity contribution in [3.05, 3.63) is 46.3 Å². The molecular formula is C18H20BrNO5. The summed E-state index contributed by atoms with van der Waals surface area (Å²) in [5, 5.41) is 2.84. The lowest BCUT2D eigenvalue weighted by Gasteiger charge is -2.15. The van der Waals surface area contributed by atoms with E-state index in [0.29, 0.717) is 34.9 Å². The third-order valence-electron chi connectivity index (χ3n) is 3.96. The summed E-state index contributed by atoms with van der Waals surface area (Å²) in [4.78, 5) is 12.0. The third kappa shape index (κ3) is 4.76. The Morgan fingerprint density at radius 3 is 2.92 bits per heavy atom. The van der Waals surface area contributed by atoms with E-state index in [1.54, 1.807) is 13.2 Å². The molecule has 7 heteroatoms. The fourth-order valence-corrected chi connectivity index (χ4v) is 2.95. The van der Waals surface area contributed by atoms with E-state index in [-0.39, 0.29) is 12.0 Å². The van der Waals surface area contributed by atoms with E-state index in [0.717, 1.165) is 25.0 Å². The Labute approximate surface area is 154 Å². The summed E-state index contributed by atoms with van der Waals surface area (Å²) in [5.74, 6) is 1.11. The molecule has 1 aliphatic heterocycles. The number of rotatable bonds is 7.